The fraction of sp³-hybridized carbons (Fsp3) is 0.875. The van der Waals surface area contributed by atoms with E-state index in [-0.39, 0.29) is 17.9 Å². The monoisotopic (exact) mass is 298 g/mol. The Balaban J connectivity index is 2.52. The highest BCUT2D eigenvalue weighted by Gasteiger charge is 2.29. The number of carbonyl (C=O) groups excluding carboxylic acids is 1. The van der Waals surface area contributed by atoms with Gasteiger partial charge in [-0.05, 0) is 49.5 Å². The van der Waals surface area contributed by atoms with Crippen molar-refractivity contribution in [1.29, 1.82) is 0 Å². The van der Waals surface area contributed by atoms with Gasteiger partial charge >= 0.3 is 5.97 Å². The van der Waals surface area contributed by atoms with Crippen LogP contribution in [0.15, 0.2) is 0 Å². The van der Waals surface area contributed by atoms with E-state index in [0.29, 0.717) is 31.3 Å². The van der Waals surface area contributed by atoms with Crippen molar-refractivity contribution in [3.8, 4) is 0 Å². The van der Waals surface area contributed by atoms with E-state index < -0.39 is 5.97 Å². The van der Waals surface area contributed by atoms with E-state index in [1.807, 2.05) is 0 Å². The lowest BCUT2D eigenvalue weighted by Gasteiger charge is -2.31. The van der Waals surface area contributed by atoms with E-state index in [2.05, 4.69) is 20.8 Å². The molecule has 5 heteroatoms. The number of carboxylic acid groups (broad SMARTS) is 1. The zero-order valence-electron chi connectivity index (χ0n) is 13.6. The fourth-order valence-electron chi connectivity index (χ4n) is 2.70. The molecule has 0 heterocycles. The summed E-state index contributed by atoms with van der Waals surface area (Å²) in [6, 6.07) is 0. The molecule has 3 N–H and O–H groups in total. The van der Waals surface area contributed by atoms with Crippen LogP contribution >= 0.6 is 0 Å². The molecule has 0 aromatic carbocycles. The summed E-state index contributed by atoms with van der Waals surface area (Å²) in [5, 5.41) is 8.95. The van der Waals surface area contributed by atoms with Crippen molar-refractivity contribution in [3.05, 3.63) is 0 Å². The van der Waals surface area contributed by atoms with Crippen molar-refractivity contribution in [2.75, 3.05) is 19.6 Å². The molecule has 0 aromatic heterocycles. The largest absolute Gasteiger partial charge is 0.480 e. The van der Waals surface area contributed by atoms with Crippen molar-refractivity contribution >= 4 is 11.9 Å². The molecule has 122 valence electrons. The minimum Gasteiger partial charge on any atom is -0.480 e. The van der Waals surface area contributed by atoms with Gasteiger partial charge < -0.3 is 15.7 Å². The Bertz CT molecular complexity index is 359. The molecule has 1 unspecified atom stereocenters. The summed E-state index contributed by atoms with van der Waals surface area (Å²) in [5.41, 5.74) is 5.78. The number of nitrogens with two attached hydrogens (primary N) is 1. The first-order valence-electron chi connectivity index (χ1n) is 7.93. The molecular formula is C16H30N2O3. The van der Waals surface area contributed by atoms with Crippen molar-refractivity contribution in [2.24, 2.45) is 23.0 Å². The molecule has 1 atom stereocenters. The van der Waals surface area contributed by atoms with Gasteiger partial charge in [0, 0.05) is 13.0 Å². The molecule has 0 aromatic rings. The SMILES string of the molecule is CC(C)(C)C(CCN)CCC(=O)N(CC(=O)O)CC1CC1. The Kier molecular flexibility index (Phi) is 6.65. The number of amides is 1. The molecule has 21 heavy (non-hydrogen) atoms. The topological polar surface area (TPSA) is 83.6 Å². The van der Waals surface area contributed by atoms with Gasteiger partial charge in [-0.25, -0.2) is 0 Å². The smallest absolute Gasteiger partial charge is 0.323 e. The number of rotatable bonds is 9. The molecule has 1 rings (SSSR count). The quantitative estimate of drug-likeness (QED) is 0.683. The van der Waals surface area contributed by atoms with E-state index >= 15 is 0 Å². The van der Waals surface area contributed by atoms with Crippen LogP contribution in [0.2, 0.25) is 0 Å². The van der Waals surface area contributed by atoms with Gasteiger partial charge in [-0.15, -0.1) is 0 Å². The molecular weight excluding hydrogens is 268 g/mol. The van der Waals surface area contributed by atoms with Gasteiger partial charge in [-0.2, -0.15) is 0 Å². The number of carboxylic acids is 1. The van der Waals surface area contributed by atoms with Crippen LogP contribution in [0, 0.1) is 17.3 Å². The van der Waals surface area contributed by atoms with Crippen molar-refractivity contribution in [3.63, 3.8) is 0 Å². The molecule has 1 fully saturated rings. The Morgan fingerprint density at radius 1 is 1.29 bits per heavy atom. The van der Waals surface area contributed by atoms with E-state index in [4.69, 9.17) is 10.8 Å². The summed E-state index contributed by atoms with van der Waals surface area (Å²) in [7, 11) is 0. The first-order valence-corrected chi connectivity index (χ1v) is 7.93. The number of carbonyl (C=O) groups is 2. The molecule has 1 aliphatic carbocycles. The Hall–Kier alpha value is -1.10. The second-order valence-electron chi connectivity index (χ2n) is 7.29. The number of aliphatic carboxylic acids is 1. The van der Waals surface area contributed by atoms with E-state index in [9.17, 15) is 9.59 Å². The minimum atomic E-state index is -0.932. The summed E-state index contributed by atoms with van der Waals surface area (Å²) < 4.78 is 0. The Labute approximate surface area is 127 Å². The van der Waals surface area contributed by atoms with Gasteiger partial charge in [0.15, 0.2) is 0 Å². The van der Waals surface area contributed by atoms with E-state index in [1.54, 1.807) is 0 Å². The molecule has 1 saturated carbocycles. The third-order valence-corrected chi connectivity index (χ3v) is 4.30. The van der Waals surface area contributed by atoms with Crippen LogP contribution in [0.25, 0.3) is 0 Å². The molecule has 0 aliphatic heterocycles. The van der Waals surface area contributed by atoms with Gasteiger partial charge in [0.2, 0.25) is 5.91 Å². The third-order valence-electron chi connectivity index (χ3n) is 4.30. The van der Waals surface area contributed by atoms with Gasteiger partial charge in [-0.3, -0.25) is 9.59 Å². The van der Waals surface area contributed by atoms with Crippen LogP contribution < -0.4 is 5.73 Å². The molecule has 1 amide bonds. The highest BCUT2D eigenvalue weighted by atomic mass is 16.4. The number of hydrogen-bond donors (Lipinski definition) is 2. The zero-order chi connectivity index (χ0) is 16.0. The molecule has 0 radical (unpaired) electrons. The molecule has 0 bridgehead atoms. The summed E-state index contributed by atoms with van der Waals surface area (Å²) >= 11 is 0. The second-order valence-corrected chi connectivity index (χ2v) is 7.29. The van der Waals surface area contributed by atoms with Crippen LogP contribution in [-0.2, 0) is 9.59 Å². The predicted molar refractivity (Wildman–Crippen MR) is 82.8 cm³/mol. The first-order chi connectivity index (χ1) is 9.74. The van der Waals surface area contributed by atoms with Crippen LogP contribution in [-0.4, -0.2) is 41.5 Å². The summed E-state index contributed by atoms with van der Waals surface area (Å²) in [6.07, 6.45) is 4.32. The molecule has 5 nitrogen and oxygen atoms in total. The van der Waals surface area contributed by atoms with Gasteiger partial charge in [0.25, 0.3) is 0 Å². The normalized spacial score (nSPS) is 16.6. The summed E-state index contributed by atoms with van der Waals surface area (Å²) in [6.45, 7) is 7.54. The molecule has 1 aliphatic rings. The van der Waals surface area contributed by atoms with E-state index in [1.165, 1.54) is 4.90 Å². The van der Waals surface area contributed by atoms with Crippen LogP contribution in [0.5, 0.6) is 0 Å². The Morgan fingerprint density at radius 2 is 1.90 bits per heavy atom. The summed E-state index contributed by atoms with van der Waals surface area (Å²) in [5.74, 6) is -0.0660. The zero-order valence-corrected chi connectivity index (χ0v) is 13.6. The van der Waals surface area contributed by atoms with Gasteiger partial charge in [-0.1, -0.05) is 20.8 Å². The minimum absolute atomic E-state index is 0.0319. The highest BCUT2D eigenvalue weighted by molar-refractivity contribution is 5.81. The standard InChI is InChI=1S/C16H30N2O3/c1-16(2,3)13(8-9-17)6-7-14(19)18(11-15(20)21)10-12-4-5-12/h12-13H,4-11,17H2,1-3H3,(H,20,21). The molecule has 0 spiro atoms. The summed E-state index contributed by atoms with van der Waals surface area (Å²) in [4.78, 5) is 24.7. The van der Waals surface area contributed by atoms with Crippen molar-refractivity contribution in [2.45, 2.75) is 52.9 Å². The third kappa shape index (κ3) is 6.93. The maximum atomic E-state index is 12.3. The van der Waals surface area contributed by atoms with Gasteiger partial charge in [0.05, 0.1) is 0 Å². The van der Waals surface area contributed by atoms with Crippen LogP contribution in [0.4, 0.5) is 0 Å². The highest BCUT2D eigenvalue weighted by Crippen LogP contribution is 2.33. The lowest BCUT2D eigenvalue weighted by Crippen LogP contribution is -2.37. The molecule has 0 saturated heterocycles. The van der Waals surface area contributed by atoms with Crippen molar-refractivity contribution in [1.82, 2.24) is 4.90 Å². The van der Waals surface area contributed by atoms with Gasteiger partial charge in [0.1, 0.15) is 6.54 Å². The number of nitrogens with zero attached hydrogens (tertiary/aromatic N) is 1. The lowest BCUT2D eigenvalue weighted by molar-refractivity contribution is -0.144. The predicted octanol–water partition coefficient (Wildman–Crippen LogP) is 2.10. The fourth-order valence-corrected chi connectivity index (χ4v) is 2.70. The average molecular weight is 298 g/mol. The van der Waals surface area contributed by atoms with Crippen molar-refractivity contribution < 1.29 is 14.7 Å². The Morgan fingerprint density at radius 3 is 2.33 bits per heavy atom. The maximum absolute atomic E-state index is 12.3. The maximum Gasteiger partial charge on any atom is 0.323 e. The average Bonchev–Trinajstić information content (AvgIpc) is 3.15. The van der Waals surface area contributed by atoms with E-state index in [0.717, 1.165) is 25.7 Å². The lowest BCUT2D eigenvalue weighted by atomic mass is 9.76. The van der Waals surface area contributed by atoms with Crippen LogP contribution in [0.1, 0.15) is 52.9 Å². The first kappa shape index (κ1) is 18.0. The number of hydrogen-bond acceptors (Lipinski definition) is 3. The second kappa shape index (κ2) is 7.78. The van der Waals surface area contributed by atoms with Crippen LogP contribution in [0.3, 0.4) is 0 Å².